The number of pyridine rings is 1. The highest BCUT2D eigenvalue weighted by Crippen LogP contribution is 2.24. The lowest BCUT2D eigenvalue weighted by Crippen LogP contribution is -2.19. The molecule has 0 fully saturated rings. The number of aromatic nitrogens is 1. The lowest BCUT2D eigenvalue weighted by atomic mass is 10.2. The molecule has 1 heterocycles. The highest BCUT2D eigenvalue weighted by atomic mass is 79.9. The van der Waals surface area contributed by atoms with Crippen LogP contribution in [0.15, 0.2) is 16.7 Å². The van der Waals surface area contributed by atoms with Crippen LogP contribution in [0.25, 0.3) is 0 Å². The molecular formula is C11H16BrClN2. The Labute approximate surface area is 105 Å². The summed E-state index contributed by atoms with van der Waals surface area (Å²) in [6.07, 6.45) is 2.73. The van der Waals surface area contributed by atoms with Gasteiger partial charge in [-0.05, 0) is 54.8 Å². The van der Waals surface area contributed by atoms with Gasteiger partial charge in [0.2, 0.25) is 0 Å². The van der Waals surface area contributed by atoms with Crippen LogP contribution < -0.4 is 5.32 Å². The van der Waals surface area contributed by atoms with E-state index in [4.69, 9.17) is 11.6 Å². The van der Waals surface area contributed by atoms with E-state index < -0.39 is 0 Å². The van der Waals surface area contributed by atoms with Gasteiger partial charge in [-0.2, -0.15) is 0 Å². The standard InChI is InChI=1S/C11H16BrClN2/c1-7-4-5-14-11(10(7)12)15-9(3)6-8(2)13/h4-5,8-9H,6H2,1-3H3,(H,14,15). The number of nitrogens with zero attached hydrogens (tertiary/aromatic N) is 1. The predicted octanol–water partition coefficient (Wildman–Crippen LogP) is 3.97. The van der Waals surface area contributed by atoms with E-state index in [0.29, 0.717) is 6.04 Å². The van der Waals surface area contributed by atoms with E-state index in [0.717, 1.165) is 16.7 Å². The normalized spacial score (nSPS) is 14.7. The fraction of sp³-hybridized carbons (Fsp3) is 0.545. The van der Waals surface area contributed by atoms with Crippen LogP contribution in [-0.4, -0.2) is 16.4 Å². The molecule has 4 heteroatoms. The molecule has 0 saturated carbocycles. The SMILES string of the molecule is Cc1ccnc(NC(C)CC(C)Cl)c1Br. The molecular weight excluding hydrogens is 275 g/mol. The Morgan fingerprint density at radius 1 is 1.53 bits per heavy atom. The molecule has 1 rings (SSSR count). The Hall–Kier alpha value is -0.280. The molecule has 0 aromatic carbocycles. The molecule has 2 atom stereocenters. The summed E-state index contributed by atoms with van der Waals surface area (Å²) in [5.41, 5.74) is 1.18. The van der Waals surface area contributed by atoms with Crippen molar-refractivity contribution >= 4 is 33.3 Å². The molecule has 84 valence electrons. The zero-order chi connectivity index (χ0) is 11.4. The molecule has 0 radical (unpaired) electrons. The van der Waals surface area contributed by atoms with Gasteiger partial charge >= 0.3 is 0 Å². The zero-order valence-corrected chi connectivity index (χ0v) is 11.6. The van der Waals surface area contributed by atoms with E-state index in [2.05, 4.69) is 33.2 Å². The van der Waals surface area contributed by atoms with E-state index >= 15 is 0 Å². The molecule has 0 saturated heterocycles. The van der Waals surface area contributed by atoms with Crippen LogP contribution in [0.5, 0.6) is 0 Å². The minimum atomic E-state index is 0.177. The summed E-state index contributed by atoms with van der Waals surface area (Å²) in [7, 11) is 0. The van der Waals surface area contributed by atoms with Crippen LogP contribution in [-0.2, 0) is 0 Å². The molecule has 15 heavy (non-hydrogen) atoms. The van der Waals surface area contributed by atoms with Gasteiger partial charge in [-0.15, -0.1) is 11.6 Å². The van der Waals surface area contributed by atoms with Crippen LogP contribution in [0.4, 0.5) is 5.82 Å². The molecule has 1 aromatic heterocycles. The zero-order valence-electron chi connectivity index (χ0n) is 9.22. The molecule has 0 aliphatic rings. The van der Waals surface area contributed by atoms with Gasteiger partial charge in [-0.3, -0.25) is 0 Å². The number of halogens is 2. The maximum Gasteiger partial charge on any atom is 0.140 e. The first kappa shape index (κ1) is 12.8. The van der Waals surface area contributed by atoms with Crippen LogP contribution in [0, 0.1) is 6.92 Å². The smallest absolute Gasteiger partial charge is 0.140 e. The van der Waals surface area contributed by atoms with Crippen molar-refractivity contribution in [1.82, 2.24) is 4.98 Å². The average Bonchev–Trinajstić information content (AvgIpc) is 2.11. The molecule has 0 aliphatic heterocycles. The Morgan fingerprint density at radius 3 is 2.80 bits per heavy atom. The van der Waals surface area contributed by atoms with Crippen molar-refractivity contribution in [2.24, 2.45) is 0 Å². The van der Waals surface area contributed by atoms with Gasteiger partial charge in [-0.25, -0.2) is 4.98 Å². The van der Waals surface area contributed by atoms with Gasteiger partial charge in [0.15, 0.2) is 0 Å². The van der Waals surface area contributed by atoms with Gasteiger partial charge in [0, 0.05) is 17.6 Å². The lowest BCUT2D eigenvalue weighted by Gasteiger charge is -2.17. The number of nitrogens with one attached hydrogen (secondary N) is 1. The average molecular weight is 292 g/mol. The molecule has 1 aromatic rings. The van der Waals surface area contributed by atoms with Crippen molar-refractivity contribution in [2.75, 3.05) is 5.32 Å². The first-order valence-electron chi connectivity index (χ1n) is 5.02. The van der Waals surface area contributed by atoms with Gasteiger partial charge in [0.25, 0.3) is 0 Å². The van der Waals surface area contributed by atoms with Crippen molar-refractivity contribution in [3.8, 4) is 0 Å². The van der Waals surface area contributed by atoms with E-state index in [1.165, 1.54) is 5.56 Å². The summed E-state index contributed by atoms with van der Waals surface area (Å²) >= 11 is 9.45. The van der Waals surface area contributed by atoms with Crippen LogP contribution in [0.3, 0.4) is 0 Å². The number of hydrogen-bond acceptors (Lipinski definition) is 2. The minimum Gasteiger partial charge on any atom is -0.367 e. The van der Waals surface area contributed by atoms with Crippen molar-refractivity contribution in [2.45, 2.75) is 38.6 Å². The summed E-state index contributed by atoms with van der Waals surface area (Å²) in [6.45, 7) is 6.15. The number of alkyl halides is 1. The first-order valence-corrected chi connectivity index (χ1v) is 6.25. The Balaban J connectivity index is 2.68. The largest absolute Gasteiger partial charge is 0.367 e. The van der Waals surface area contributed by atoms with Gasteiger partial charge in [0.05, 0.1) is 4.47 Å². The Bertz CT molecular complexity index is 328. The van der Waals surface area contributed by atoms with Crippen LogP contribution in [0.2, 0.25) is 0 Å². The second kappa shape index (κ2) is 5.71. The molecule has 0 bridgehead atoms. The summed E-state index contributed by atoms with van der Waals surface area (Å²) in [6, 6.07) is 2.30. The van der Waals surface area contributed by atoms with Gasteiger partial charge in [-0.1, -0.05) is 0 Å². The maximum atomic E-state index is 5.94. The molecule has 0 spiro atoms. The number of aryl methyl sites for hydroxylation is 1. The maximum absolute atomic E-state index is 5.94. The quantitative estimate of drug-likeness (QED) is 0.849. The van der Waals surface area contributed by atoms with Gasteiger partial charge < -0.3 is 5.32 Å². The monoisotopic (exact) mass is 290 g/mol. The minimum absolute atomic E-state index is 0.177. The molecule has 2 nitrogen and oxygen atoms in total. The number of hydrogen-bond donors (Lipinski definition) is 1. The second-order valence-corrected chi connectivity index (χ2v) is 5.39. The lowest BCUT2D eigenvalue weighted by molar-refractivity contribution is 0.693. The number of rotatable bonds is 4. The van der Waals surface area contributed by atoms with Crippen molar-refractivity contribution < 1.29 is 0 Å². The summed E-state index contributed by atoms with van der Waals surface area (Å²) in [5.74, 6) is 0.889. The van der Waals surface area contributed by atoms with Gasteiger partial charge in [0.1, 0.15) is 5.82 Å². The first-order chi connectivity index (χ1) is 7.00. The fourth-order valence-electron chi connectivity index (χ4n) is 1.42. The summed E-state index contributed by atoms with van der Waals surface area (Å²) in [4.78, 5) is 4.29. The fourth-order valence-corrected chi connectivity index (χ4v) is 2.04. The van der Waals surface area contributed by atoms with E-state index in [9.17, 15) is 0 Å². The van der Waals surface area contributed by atoms with Crippen LogP contribution in [0.1, 0.15) is 25.8 Å². The summed E-state index contributed by atoms with van der Waals surface area (Å²) in [5, 5.41) is 3.52. The van der Waals surface area contributed by atoms with Crippen molar-refractivity contribution in [3.63, 3.8) is 0 Å². The molecule has 2 unspecified atom stereocenters. The molecule has 0 aliphatic carbocycles. The van der Waals surface area contributed by atoms with E-state index in [1.54, 1.807) is 6.20 Å². The van der Waals surface area contributed by atoms with E-state index in [1.807, 2.05) is 19.9 Å². The van der Waals surface area contributed by atoms with Crippen molar-refractivity contribution in [1.29, 1.82) is 0 Å². The molecule has 0 amide bonds. The topological polar surface area (TPSA) is 24.9 Å². The Kier molecular flexibility index (Phi) is 4.87. The van der Waals surface area contributed by atoms with Crippen molar-refractivity contribution in [3.05, 3.63) is 22.3 Å². The second-order valence-electron chi connectivity index (χ2n) is 3.85. The third kappa shape index (κ3) is 3.99. The number of anilines is 1. The van der Waals surface area contributed by atoms with E-state index in [-0.39, 0.29) is 5.38 Å². The Morgan fingerprint density at radius 2 is 2.20 bits per heavy atom. The third-order valence-electron chi connectivity index (χ3n) is 2.14. The highest BCUT2D eigenvalue weighted by Gasteiger charge is 2.09. The summed E-state index contributed by atoms with van der Waals surface area (Å²) < 4.78 is 1.03. The molecule has 1 N–H and O–H groups in total. The third-order valence-corrected chi connectivity index (χ3v) is 3.32. The highest BCUT2D eigenvalue weighted by molar-refractivity contribution is 9.10. The predicted molar refractivity (Wildman–Crippen MR) is 69.7 cm³/mol. The van der Waals surface area contributed by atoms with Crippen LogP contribution >= 0.6 is 27.5 Å².